The lowest BCUT2D eigenvalue weighted by Gasteiger charge is -2.29. The smallest absolute Gasteiger partial charge is 0.179 e. The number of hydrogen-bond donors (Lipinski definition) is 0. The zero-order valence-corrected chi connectivity index (χ0v) is 12.8. The van der Waals surface area contributed by atoms with Crippen LogP contribution in [-0.4, -0.2) is 37.7 Å². The summed E-state index contributed by atoms with van der Waals surface area (Å²) < 4.78 is 24.7. The molecular weight excluding hydrogens is 270 g/mol. The molecule has 0 heterocycles. The Morgan fingerprint density at radius 1 is 1.15 bits per heavy atom. The molecule has 2 aliphatic carbocycles. The minimum Gasteiger partial charge on any atom is -0.296 e. The van der Waals surface area contributed by atoms with E-state index in [4.69, 9.17) is 0 Å². The van der Waals surface area contributed by atoms with Gasteiger partial charge >= 0.3 is 0 Å². The van der Waals surface area contributed by atoms with E-state index in [1.165, 1.54) is 25.7 Å². The second-order valence-electron chi connectivity index (χ2n) is 6.18. The summed E-state index contributed by atoms with van der Waals surface area (Å²) >= 11 is 0. The summed E-state index contributed by atoms with van der Waals surface area (Å²) in [6.07, 6.45) is 5.11. The largest absolute Gasteiger partial charge is 0.296 e. The molecule has 4 heteroatoms. The maximum atomic E-state index is 12.4. The molecule has 2 saturated carbocycles. The summed E-state index contributed by atoms with van der Waals surface area (Å²) in [5, 5.41) is 0. The van der Waals surface area contributed by atoms with Crippen LogP contribution in [-0.2, 0) is 9.84 Å². The lowest BCUT2D eigenvalue weighted by molar-refractivity contribution is 0.190. The van der Waals surface area contributed by atoms with E-state index in [1.54, 1.807) is 24.3 Å². The van der Waals surface area contributed by atoms with Crippen molar-refractivity contribution in [2.45, 2.75) is 49.6 Å². The second-order valence-corrected chi connectivity index (χ2v) is 8.29. The Hall–Kier alpha value is -0.870. The molecule has 1 atom stereocenters. The van der Waals surface area contributed by atoms with Crippen LogP contribution in [0.2, 0.25) is 0 Å². The van der Waals surface area contributed by atoms with E-state index in [0.29, 0.717) is 23.5 Å². The van der Waals surface area contributed by atoms with Crippen molar-refractivity contribution in [3.63, 3.8) is 0 Å². The van der Waals surface area contributed by atoms with Crippen LogP contribution >= 0.6 is 0 Å². The minimum absolute atomic E-state index is 0.241. The monoisotopic (exact) mass is 293 g/mol. The molecule has 3 nitrogen and oxygen atoms in total. The Balaban J connectivity index is 1.65. The molecule has 0 saturated heterocycles. The Morgan fingerprint density at radius 3 is 2.35 bits per heavy atom. The third-order valence-electron chi connectivity index (χ3n) is 4.56. The summed E-state index contributed by atoms with van der Waals surface area (Å²) in [6, 6.07) is 10.0. The van der Waals surface area contributed by atoms with Crippen molar-refractivity contribution in [3.8, 4) is 0 Å². The lowest BCUT2D eigenvalue weighted by atomic mass is 10.2. The van der Waals surface area contributed by atoms with Crippen molar-refractivity contribution < 1.29 is 8.42 Å². The molecule has 0 radical (unpaired) electrons. The first-order chi connectivity index (χ1) is 9.58. The van der Waals surface area contributed by atoms with Crippen molar-refractivity contribution in [3.05, 3.63) is 30.3 Å². The molecule has 0 spiro atoms. The fraction of sp³-hybridized carbons (Fsp3) is 0.625. The zero-order valence-electron chi connectivity index (χ0n) is 12.0. The summed E-state index contributed by atoms with van der Waals surface area (Å²) in [6.45, 7) is 2.95. The van der Waals surface area contributed by atoms with E-state index >= 15 is 0 Å². The Kier molecular flexibility index (Phi) is 3.87. The van der Waals surface area contributed by atoms with E-state index in [0.717, 1.165) is 5.92 Å². The summed E-state index contributed by atoms with van der Waals surface area (Å²) in [5.41, 5.74) is 0. The van der Waals surface area contributed by atoms with Crippen LogP contribution < -0.4 is 0 Å². The van der Waals surface area contributed by atoms with Crippen LogP contribution in [0.5, 0.6) is 0 Å². The summed E-state index contributed by atoms with van der Waals surface area (Å²) in [5.74, 6) is 1.04. The highest BCUT2D eigenvalue weighted by atomic mass is 32.2. The molecule has 1 unspecified atom stereocenters. The predicted octanol–water partition coefficient (Wildman–Crippen LogP) is 2.72. The van der Waals surface area contributed by atoms with Crippen molar-refractivity contribution in [1.29, 1.82) is 0 Å². The molecular formula is C16H23NO2S. The Morgan fingerprint density at radius 2 is 1.80 bits per heavy atom. The normalized spacial score (nSPS) is 21.1. The zero-order chi connectivity index (χ0) is 14.2. The lowest BCUT2D eigenvalue weighted by Crippen LogP contribution is -2.39. The van der Waals surface area contributed by atoms with Gasteiger partial charge in [0.1, 0.15) is 0 Å². The van der Waals surface area contributed by atoms with Gasteiger partial charge in [0.25, 0.3) is 0 Å². The average molecular weight is 293 g/mol. The third kappa shape index (κ3) is 3.23. The summed E-state index contributed by atoms with van der Waals surface area (Å²) in [4.78, 5) is 2.90. The van der Waals surface area contributed by atoms with Crippen molar-refractivity contribution in [2.75, 3.05) is 12.3 Å². The highest BCUT2D eigenvalue weighted by Crippen LogP contribution is 2.39. The average Bonchev–Trinajstić information content (AvgIpc) is 3.30. The van der Waals surface area contributed by atoms with Crippen LogP contribution in [0.25, 0.3) is 0 Å². The fourth-order valence-corrected chi connectivity index (χ4v) is 4.20. The first-order valence-corrected chi connectivity index (χ1v) is 9.27. The molecule has 0 N–H and O–H groups in total. The van der Waals surface area contributed by atoms with Gasteiger partial charge in [-0.3, -0.25) is 4.90 Å². The first-order valence-electron chi connectivity index (χ1n) is 7.61. The highest BCUT2D eigenvalue weighted by molar-refractivity contribution is 7.91. The molecule has 1 aromatic carbocycles. The quantitative estimate of drug-likeness (QED) is 0.776. The molecule has 0 amide bonds. The molecule has 0 aromatic heterocycles. The number of benzene rings is 1. The molecule has 2 aliphatic rings. The van der Waals surface area contributed by atoms with Gasteiger partial charge < -0.3 is 0 Å². The maximum Gasteiger partial charge on any atom is 0.179 e. The number of nitrogens with zero attached hydrogens (tertiary/aromatic N) is 1. The van der Waals surface area contributed by atoms with Gasteiger partial charge in [0, 0.05) is 18.6 Å². The van der Waals surface area contributed by atoms with Gasteiger partial charge in [-0.2, -0.15) is 0 Å². The highest BCUT2D eigenvalue weighted by Gasteiger charge is 2.39. The van der Waals surface area contributed by atoms with Gasteiger partial charge in [0.15, 0.2) is 9.84 Å². The van der Waals surface area contributed by atoms with E-state index in [2.05, 4.69) is 11.8 Å². The van der Waals surface area contributed by atoms with Gasteiger partial charge in [0.2, 0.25) is 0 Å². The number of rotatable bonds is 7. The third-order valence-corrected chi connectivity index (χ3v) is 6.27. The van der Waals surface area contributed by atoms with Crippen LogP contribution in [0.1, 0.15) is 32.6 Å². The molecule has 2 fully saturated rings. The van der Waals surface area contributed by atoms with E-state index in [1.807, 2.05) is 6.07 Å². The molecule has 3 rings (SSSR count). The minimum atomic E-state index is -3.14. The summed E-state index contributed by atoms with van der Waals surface area (Å²) in [7, 11) is -3.14. The standard InChI is InChI=1S/C16H23NO2S/c1-13(14-7-8-14)17(15-9-10-15)11-12-20(18,19)16-5-3-2-4-6-16/h2-6,13-15H,7-12H2,1H3. The van der Waals surface area contributed by atoms with Crippen LogP contribution in [0, 0.1) is 5.92 Å². The number of sulfone groups is 1. The number of hydrogen-bond acceptors (Lipinski definition) is 3. The van der Waals surface area contributed by atoms with E-state index in [-0.39, 0.29) is 5.75 Å². The van der Waals surface area contributed by atoms with Crippen molar-refractivity contribution in [1.82, 2.24) is 4.90 Å². The molecule has 0 aliphatic heterocycles. The van der Waals surface area contributed by atoms with E-state index < -0.39 is 9.84 Å². The predicted molar refractivity (Wildman–Crippen MR) is 80.4 cm³/mol. The second kappa shape index (κ2) is 5.49. The van der Waals surface area contributed by atoms with Crippen LogP contribution in [0.3, 0.4) is 0 Å². The molecule has 0 bridgehead atoms. The van der Waals surface area contributed by atoms with Crippen LogP contribution in [0.15, 0.2) is 35.2 Å². The Labute approximate surface area is 121 Å². The Bertz CT molecular complexity index is 547. The molecule has 1 aromatic rings. The van der Waals surface area contributed by atoms with E-state index in [9.17, 15) is 8.42 Å². The maximum absolute atomic E-state index is 12.4. The molecule has 20 heavy (non-hydrogen) atoms. The van der Waals surface area contributed by atoms with Gasteiger partial charge in [0.05, 0.1) is 10.6 Å². The van der Waals surface area contributed by atoms with Gasteiger partial charge in [-0.25, -0.2) is 8.42 Å². The topological polar surface area (TPSA) is 37.4 Å². The van der Waals surface area contributed by atoms with Gasteiger partial charge in [-0.1, -0.05) is 18.2 Å². The first kappa shape index (κ1) is 14.1. The van der Waals surface area contributed by atoms with Crippen LogP contribution in [0.4, 0.5) is 0 Å². The van der Waals surface area contributed by atoms with Crippen molar-refractivity contribution >= 4 is 9.84 Å². The fourth-order valence-electron chi connectivity index (χ4n) is 2.95. The van der Waals surface area contributed by atoms with Gasteiger partial charge in [-0.15, -0.1) is 0 Å². The van der Waals surface area contributed by atoms with Crippen molar-refractivity contribution in [2.24, 2.45) is 5.92 Å². The van der Waals surface area contributed by atoms with Gasteiger partial charge in [-0.05, 0) is 50.7 Å². The molecule has 110 valence electrons. The SMILES string of the molecule is CC(C1CC1)N(CCS(=O)(=O)c1ccccc1)C1CC1.